The highest BCUT2D eigenvalue weighted by atomic mass is 35.5. The predicted molar refractivity (Wildman–Crippen MR) is 95.6 cm³/mol. The van der Waals surface area contributed by atoms with Gasteiger partial charge in [0.2, 0.25) is 0 Å². The van der Waals surface area contributed by atoms with Crippen LogP contribution >= 0.6 is 23.2 Å². The first-order valence-electron chi connectivity index (χ1n) is 7.51. The van der Waals surface area contributed by atoms with E-state index in [9.17, 15) is 4.79 Å². The lowest BCUT2D eigenvalue weighted by molar-refractivity contribution is -0.122. The third-order valence-electron chi connectivity index (χ3n) is 3.33. The number of aryl methyl sites for hydroxylation is 1. The minimum atomic E-state index is -0.640. The minimum absolute atomic E-state index is 0.271. The predicted octanol–water partition coefficient (Wildman–Crippen LogP) is 5.35. The molecule has 23 heavy (non-hydrogen) atoms. The van der Waals surface area contributed by atoms with Gasteiger partial charge in [0, 0.05) is 5.02 Å². The van der Waals surface area contributed by atoms with E-state index in [0.717, 1.165) is 12.8 Å². The van der Waals surface area contributed by atoms with E-state index in [4.69, 9.17) is 27.9 Å². The van der Waals surface area contributed by atoms with Crippen molar-refractivity contribution >= 4 is 34.8 Å². The van der Waals surface area contributed by atoms with Gasteiger partial charge in [0.1, 0.15) is 5.75 Å². The second-order valence-corrected chi connectivity index (χ2v) is 6.11. The van der Waals surface area contributed by atoms with E-state index in [0.29, 0.717) is 21.5 Å². The van der Waals surface area contributed by atoms with E-state index < -0.39 is 6.10 Å². The molecule has 0 heterocycles. The van der Waals surface area contributed by atoms with E-state index in [1.807, 2.05) is 24.3 Å². The second-order valence-electron chi connectivity index (χ2n) is 5.27. The normalized spacial score (nSPS) is 11.8. The molecule has 1 unspecified atom stereocenters. The highest BCUT2D eigenvalue weighted by Gasteiger charge is 2.16. The fourth-order valence-electron chi connectivity index (χ4n) is 2.11. The molecule has 2 aromatic rings. The average molecular weight is 352 g/mol. The van der Waals surface area contributed by atoms with Crippen molar-refractivity contribution in [1.82, 2.24) is 0 Å². The monoisotopic (exact) mass is 351 g/mol. The molecule has 3 nitrogen and oxygen atoms in total. The number of amides is 1. The van der Waals surface area contributed by atoms with Gasteiger partial charge in [0.05, 0.1) is 10.7 Å². The Labute approximate surface area is 146 Å². The molecule has 0 aliphatic carbocycles. The van der Waals surface area contributed by atoms with Crippen LogP contribution in [0.5, 0.6) is 5.75 Å². The summed E-state index contributed by atoms with van der Waals surface area (Å²) < 4.78 is 5.66. The first-order valence-corrected chi connectivity index (χ1v) is 8.26. The number of halogens is 2. The summed E-state index contributed by atoms with van der Waals surface area (Å²) in [4.78, 5) is 12.2. The highest BCUT2D eigenvalue weighted by molar-refractivity contribution is 6.36. The maximum atomic E-state index is 12.2. The van der Waals surface area contributed by atoms with Crippen LogP contribution in [0.15, 0.2) is 42.5 Å². The fraction of sp³-hybridized carbons (Fsp3) is 0.278. The van der Waals surface area contributed by atoms with Crippen molar-refractivity contribution in [2.75, 3.05) is 5.32 Å². The summed E-state index contributed by atoms with van der Waals surface area (Å²) >= 11 is 11.9. The summed E-state index contributed by atoms with van der Waals surface area (Å²) in [6, 6.07) is 12.7. The Hall–Kier alpha value is -1.71. The third kappa shape index (κ3) is 5.15. The number of carbonyl (C=O) groups is 1. The molecule has 0 bridgehead atoms. The van der Waals surface area contributed by atoms with Crippen LogP contribution in [-0.4, -0.2) is 12.0 Å². The number of nitrogens with one attached hydrogen (secondary N) is 1. The molecule has 1 N–H and O–H groups in total. The van der Waals surface area contributed by atoms with Gasteiger partial charge >= 0.3 is 0 Å². The van der Waals surface area contributed by atoms with Crippen LogP contribution in [0.2, 0.25) is 10.0 Å². The van der Waals surface area contributed by atoms with Gasteiger partial charge in [-0.25, -0.2) is 0 Å². The van der Waals surface area contributed by atoms with E-state index in [1.165, 1.54) is 5.56 Å². The maximum absolute atomic E-state index is 12.2. The van der Waals surface area contributed by atoms with Crippen molar-refractivity contribution in [2.45, 2.75) is 32.8 Å². The second kappa shape index (κ2) is 8.23. The molecule has 0 spiro atoms. The topological polar surface area (TPSA) is 38.3 Å². The molecule has 0 saturated heterocycles. The van der Waals surface area contributed by atoms with Gasteiger partial charge in [0.25, 0.3) is 5.91 Å². The van der Waals surface area contributed by atoms with Crippen LogP contribution in [0.4, 0.5) is 5.69 Å². The van der Waals surface area contributed by atoms with Crippen LogP contribution in [0.25, 0.3) is 0 Å². The van der Waals surface area contributed by atoms with E-state index >= 15 is 0 Å². The lowest BCUT2D eigenvalue weighted by atomic mass is 10.1. The van der Waals surface area contributed by atoms with Crippen molar-refractivity contribution in [1.29, 1.82) is 0 Å². The number of anilines is 1. The van der Waals surface area contributed by atoms with Gasteiger partial charge in [-0.1, -0.05) is 48.7 Å². The molecule has 0 fully saturated rings. The van der Waals surface area contributed by atoms with Crippen molar-refractivity contribution in [3.8, 4) is 5.75 Å². The molecule has 0 aliphatic rings. The van der Waals surface area contributed by atoms with E-state index in [2.05, 4.69) is 12.2 Å². The molecule has 2 rings (SSSR count). The molecule has 0 aromatic heterocycles. The van der Waals surface area contributed by atoms with E-state index in [-0.39, 0.29) is 5.91 Å². The Morgan fingerprint density at radius 3 is 2.48 bits per heavy atom. The van der Waals surface area contributed by atoms with Crippen molar-refractivity contribution in [3.63, 3.8) is 0 Å². The van der Waals surface area contributed by atoms with Gasteiger partial charge in [-0.15, -0.1) is 0 Å². The van der Waals surface area contributed by atoms with E-state index in [1.54, 1.807) is 25.1 Å². The SMILES string of the molecule is CCCc1ccc(OC(C)C(=O)Nc2ccc(Cl)cc2Cl)cc1. The number of benzene rings is 2. The lowest BCUT2D eigenvalue weighted by Crippen LogP contribution is -2.30. The zero-order valence-electron chi connectivity index (χ0n) is 13.1. The van der Waals surface area contributed by atoms with Crippen LogP contribution < -0.4 is 10.1 Å². The Bertz CT molecular complexity index is 671. The summed E-state index contributed by atoms with van der Waals surface area (Å²) in [5.41, 5.74) is 1.76. The molecule has 0 saturated carbocycles. The smallest absolute Gasteiger partial charge is 0.265 e. The molecule has 5 heteroatoms. The Balaban J connectivity index is 1.96. The summed E-state index contributed by atoms with van der Waals surface area (Å²) in [6.45, 7) is 3.83. The Morgan fingerprint density at radius 1 is 1.17 bits per heavy atom. The van der Waals surface area contributed by atoms with Gasteiger partial charge < -0.3 is 10.1 Å². The summed E-state index contributed by atoms with van der Waals surface area (Å²) in [5, 5.41) is 3.64. The van der Waals surface area contributed by atoms with Gasteiger partial charge in [0.15, 0.2) is 6.10 Å². The number of rotatable bonds is 6. The van der Waals surface area contributed by atoms with Crippen molar-refractivity contribution < 1.29 is 9.53 Å². The van der Waals surface area contributed by atoms with Crippen LogP contribution in [0, 0.1) is 0 Å². The summed E-state index contributed by atoms with van der Waals surface area (Å²) in [7, 11) is 0. The fourth-order valence-corrected chi connectivity index (χ4v) is 2.56. The quantitative estimate of drug-likeness (QED) is 0.761. The van der Waals surface area contributed by atoms with Crippen molar-refractivity contribution in [2.24, 2.45) is 0 Å². The number of carbonyl (C=O) groups excluding carboxylic acids is 1. The van der Waals surface area contributed by atoms with Crippen molar-refractivity contribution in [3.05, 3.63) is 58.1 Å². The molecule has 122 valence electrons. The molecular formula is C18H19Cl2NO2. The van der Waals surface area contributed by atoms with Gasteiger partial charge in [-0.05, 0) is 49.2 Å². The molecule has 1 atom stereocenters. The zero-order valence-corrected chi connectivity index (χ0v) is 14.6. The lowest BCUT2D eigenvalue weighted by Gasteiger charge is -2.15. The molecular weight excluding hydrogens is 333 g/mol. The van der Waals surface area contributed by atoms with Crippen LogP contribution in [0.3, 0.4) is 0 Å². The van der Waals surface area contributed by atoms with Gasteiger partial charge in [-0.2, -0.15) is 0 Å². The maximum Gasteiger partial charge on any atom is 0.265 e. The summed E-state index contributed by atoms with van der Waals surface area (Å²) in [6.07, 6.45) is 1.49. The Morgan fingerprint density at radius 2 is 1.87 bits per heavy atom. The standard InChI is InChI=1S/C18H19Cl2NO2/c1-3-4-13-5-8-15(9-6-13)23-12(2)18(22)21-17-10-7-14(19)11-16(17)20/h5-12H,3-4H2,1-2H3,(H,21,22). The largest absolute Gasteiger partial charge is 0.481 e. The first-order chi connectivity index (χ1) is 11.0. The molecule has 1 amide bonds. The molecule has 0 aliphatic heterocycles. The number of hydrogen-bond donors (Lipinski definition) is 1. The number of ether oxygens (including phenoxy) is 1. The average Bonchev–Trinajstić information content (AvgIpc) is 2.52. The Kier molecular flexibility index (Phi) is 6.31. The van der Waals surface area contributed by atoms with Gasteiger partial charge in [-0.3, -0.25) is 4.79 Å². The first kappa shape index (κ1) is 17.6. The molecule has 0 radical (unpaired) electrons. The minimum Gasteiger partial charge on any atom is -0.481 e. The summed E-state index contributed by atoms with van der Waals surface area (Å²) in [5.74, 6) is 0.390. The van der Waals surface area contributed by atoms with Crippen LogP contribution in [0.1, 0.15) is 25.8 Å². The number of hydrogen-bond acceptors (Lipinski definition) is 2. The third-order valence-corrected chi connectivity index (χ3v) is 3.88. The van der Waals surface area contributed by atoms with Crippen LogP contribution in [-0.2, 0) is 11.2 Å². The zero-order chi connectivity index (χ0) is 16.8. The molecule has 2 aromatic carbocycles. The highest BCUT2D eigenvalue weighted by Crippen LogP contribution is 2.25.